The molecule has 0 atom stereocenters. The quantitative estimate of drug-likeness (QED) is 0.660. The number of ether oxygens (including phenoxy) is 1. The van der Waals surface area contributed by atoms with Crippen LogP contribution in [0.2, 0.25) is 0 Å². The normalized spacial score (nSPS) is 20.3. The molecule has 0 radical (unpaired) electrons. The van der Waals surface area contributed by atoms with Gasteiger partial charge >= 0.3 is 0 Å². The van der Waals surface area contributed by atoms with Gasteiger partial charge in [-0.2, -0.15) is 4.72 Å². The van der Waals surface area contributed by atoms with Gasteiger partial charge in [-0.15, -0.1) is 0 Å². The second-order valence-corrected chi connectivity index (χ2v) is 4.48. The molecular weight excluding hydrogens is 190 g/mol. The summed E-state index contributed by atoms with van der Waals surface area (Å²) in [6.07, 6.45) is 0. The molecule has 0 fully saturated rings. The molecule has 1 aliphatic rings. The Hall–Kier alpha value is -0.910. The second-order valence-electron chi connectivity index (χ2n) is 2.75. The van der Waals surface area contributed by atoms with Crippen molar-refractivity contribution in [3.05, 3.63) is 29.8 Å². The molecule has 2 rings (SSSR count). The van der Waals surface area contributed by atoms with Gasteiger partial charge in [0.1, 0.15) is 6.73 Å². The molecule has 70 valence electrons. The van der Waals surface area contributed by atoms with Crippen LogP contribution in [0.15, 0.2) is 29.2 Å². The maximum Gasteiger partial charge on any atom is 0.242 e. The van der Waals surface area contributed by atoms with Crippen molar-refractivity contribution in [2.24, 2.45) is 0 Å². The molecular formula is C8H9NO3S. The topological polar surface area (TPSA) is 55.4 Å². The highest BCUT2D eigenvalue weighted by Gasteiger charge is 2.20. The first-order chi connectivity index (χ1) is 6.20. The Morgan fingerprint density at radius 3 is 2.92 bits per heavy atom. The van der Waals surface area contributed by atoms with E-state index in [4.69, 9.17) is 4.74 Å². The Bertz CT molecular complexity index is 413. The van der Waals surface area contributed by atoms with Crippen LogP contribution >= 0.6 is 0 Å². The van der Waals surface area contributed by atoms with Gasteiger partial charge in [0.05, 0.1) is 11.5 Å². The van der Waals surface area contributed by atoms with E-state index >= 15 is 0 Å². The minimum absolute atomic E-state index is 0.0387. The van der Waals surface area contributed by atoms with Crippen LogP contribution in [0.5, 0.6) is 0 Å². The maximum atomic E-state index is 11.5. The lowest BCUT2D eigenvalue weighted by molar-refractivity contribution is 0.119. The fraction of sp³-hybridized carbons (Fsp3) is 0.250. The molecule has 0 aromatic heterocycles. The van der Waals surface area contributed by atoms with Crippen molar-refractivity contribution in [1.82, 2.24) is 4.72 Å². The van der Waals surface area contributed by atoms with Crippen molar-refractivity contribution < 1.29 is 13.2 Å². The van der Waals surface area contributed by atoms with Crippen molar-refractivity contribution in [3.63, 3.8) is 0 Å². The molecule has 1 heterocycles. The summed E-state index contributed by atoms with van der Waals surface area (Å²) in [6, 6.07) is 6.82. The maximum absolute atomic E-state index is 11.5. The van der Waals surface area contributed by atoms with Gasteiger partial charge in [-0.05, 0) is 11.6 Å². The van der Waals surface area contributed by atoms with Gasteiger partial charge < -0.3 is 4.74 Å². The minimum Gasteiger partial charge on any atom is -0.361 e. The minimum atomic E-state index is -3.35. The van der Waals surface area contributed by atoms with E-state index in [-0.39, 0.29) is 6.73 Å². The van der Waals surface area contributed by atoms with E-state index in [2.05, 4.69) is 4.72 Å². The molecule has 0 amide bonds. The van der Waals surface area contributed by atoms with Gasteiger partial charge in [0.25, 0.3) is 0 Å². The highest BCUT2D eigenvalue weighted by atomic mass is 32.2. The van der Waals surface area contributed by atoms with Crippen molar-refractivity contribution in [3.8, 4) is 0 Å². The van der Waals surface area contributed by atoms with Gasteiger partial charge in [-0.25, -0.2) is 8.42 Å². The average Bonchev–Trinajstić information content (AvgIpc) is 2.26. The van der Waals surface area contributed by atoms with E-state index in [0.717, 1.165) is 0 Å². The van der Waals surface area contributed by atoms with Crippen LogP contribution in [-0.2, 0) is 21.4 Å². The SMILES string of the molecule is O=S1(=O)NCOCc2ccccc21. The van der Waals surface area contributed by atoms with Crippen LogP contribution in [0.3, 0.4) is 0 Å². The van der Waals surface area contributed by atoms with E-state index in [1.54, 1.807) is 24.3 Å². The number of nitrogens with one attached hydrogen (secondary N) is 1. The molecule has 1 aromatic carbocycles. The van der Waals surface area contributed by atoms with Crippen LogP contribution in [0, 0.1) is 0 Å². The van der Waals surface area contributed by atoms with Crippen LogP contribution in [-0.4, -0.2) is 15.1 Å². The van der Waals surface area contributed by atoms with Gasteiger partial charge in [0.2, 0.25) is 10.0 Å². The largest absolute Gasteiger partial charge is 0.361 e. The third-order valence-electron chi connectivity index (χ3n) is 1.87. The summed E-state index contributed by atoms with van der Waals surface area (Å²) < 4.78 is 30.4. The lowest BCUT2D eigenvalue weighted by Crippen LogP contribution is -2.23. The van der Waals surface area contributed by atoms with Crippen LogP contribution in [0.1, 0.15) is 5.56 Å². The monoisotopic (exact) mass is 199 g/mol. The summed E-state index contributed by atoms with van der Waals surface area (Å²) >= 11 is 0. The molecule has 4 nitrogen and oxygen atoms in total. The van der Waals surface area contributed by atoms with Crippen molar-refractivity contribution in [2.45, 2.75) is 11.5 Å². The Kier molecular flexibility index (Phi) is 2.07. The zero-order chi connectivity index (χ0) is 9.31. The summed E-state index contributed by atoms with van der Waals surface area (Å²) in [5, 5.41) is 0. The molecule has 1 N–H and O–H groups in total. The predicted molar refractivity (Wildman–Crippen MR) is 46.4 cm³/mol. The third kappa shape index (κ3) is 1.58. The fourth-order valence-corrected chi connectivity index (χ4v) is 2.37. The number of sulfonamides is 1. The molecule has 0 aliphatic carbocycles. The van der Waals surface area contributed by atoms with Crippen LogP contribution in [0.25, 0.3) is 0 Å². The van der Waals surface area contributed by atoms with Gasteiger partial charge in [-0.1, -0.05) is 18.2 Å². The first kappa shape index (κ1) is 8.68. The van der Waals surface area contributed by atoms with Crippen molar-refractivity contribution >= 4 is 10.0 Å². The van der Waals surface area contributed by atoms with Crippen LogP contribution < -0.4 is 4.72 Å². The van der Waals surface area contributed by atoms with Gasteiger partial charge in [0, 0.05) is 0 Å². The molecule has 0 bridgehead atoms. The number of rotatable bonds is 0. The summed E-state index contributed by atoms with van der Waals surface area (Å²) in [6.45, 7) is 0.374. The lowest BCUT2D eigenvalue weighted by Gasteiger charge is -2.02. The van der Waals surface area contributed by atoms with Gasteiger partial charge in [-0.3, -0.25) is 0 Å². The first-order valence-electron chi connectivity index (χ1n) is 3.85. The number of fused-ring (bicyclic) bond motifs is 1. The van der Waals surface area contributed by atoms with E-state index in [1.807, 2.05) is 0 Å². The lowest BCUT2D eigenvalue weighted by atomic mass is 10.2. The second kappa shape index (κ2) is 3.10. The summed E-state index contributed by atoms with van der Waals surface area (Å²) in [4.78, 5) is 0.313. The molecule has 1 aliphatic heterocycles. The average molecular weight is 199 g/mol. The first-order valence-corrected chi connectivity index (χ1v) is 5.34. The Labute approximate surface area is 76.6 Å². The standard InChI is InChI=1S/C8H9NO3S/c10-13(11)8-4-2-1-3-7(8)5-12-6-9-13/h1-4,9H,5-6H2. The van der Waals surface area contributed by atoms with E-state index in [9.17, 15) is 8.42 Å². The zero-order valence-electron chi connectivity index (χ0n) is 6.86. The van der Waals surface area contributed by atoms with E-state index < -0.39 is 10.0 Å². The van der Waals surface area contributed by atoms with Crippen LogP contribution in [0.4, 0.5) is 0 Å². The number of hydrogen-bond donors (Lipinski definition) is 1. The molecule has 0 saturated heterocycles. The van der Waals surface area contributed by atoms with Crippen molar-refractivity contribution in [1.29, 1.82) is 0 Å². The Balaban J connectivity index is 2.62. The molecule has 0 unspecified atom stereocenters. The van der Waals surface area contributed by atoms with Crippen molar-refractivity contribution in [2.75, 3.05) is 6.73 Å². The summed E-state index contributed by atoms with van der Waals surface area (Å²) in [5.41, 5.74) is 0.701. The molecule has 0 spiro atoms. The number of hydrogen-bond acceptors (Lipinski definition) is 3. The zero-order valence-corrected chi connectivity index (χ0v) is 7.67. The molecule has 13 heavy (non-hydrogen) atoms. The smallest absolute Gasteiger partial charge is 0.242 e. The van der Waals surface area contributed by atoms with Gasteiger partial charge in [0.15, 0.2) is 0 Å². The highest BCUT2D eigenvalue weighted by Crippen LogP contribution is 2.17. The fourth-order valence-electron chi connectivity index (χ4n) is 1.24. The summed E-state index contributed by atoms with van der Waals surface area (Å²) in [5.74, 6) is 0. The Morgan fingerprint density at radius 2 is 2.08 bits per heavy atom. The highest BCUT2D eigenvalue weighted by molar-refractivity contribution is 7.89. The molecule has 5 heteroatoms. The summed E-state index contributed by atoms with van der Waals surface area (Å²) in [7, 11) is -3.35. The third-order valence-corrected chi connectivity index (χ3v) is 3.35. The van der Waals surface area contributed by atoms with E-state index in [0.29, 0.717) is 17.1 Å². The predicted octanol–water partition coefficient (Wildman–Crippen LogP) is 0.453. The van der Waals surface area contributed by atoms with E-state index in [1.165, 1.54) is 0 Å². The Morgan fingerprint density at radius 1 is 1.31 bits per heavy atom. The molecule has 1 aromatic rings. The number of benzene rings is 1. The molecule has 0 saturated carbocycles.